The van der Waals surface area contributed by atoms with Crippen LogP contribution in [-0.4, -0.2) is 45.2 Å². The second-order valence-electron chi connectivity index (χ2n) is 4.31. The van der Waals surface area contributed by atoms with Crippen LogP contribution in [0.15, 0.2) is 18.2 Å². The van der Waals surface area contributed by atoms with Gasteiger partial charge in [-0.3, -0.25) is 9.59 Å². The van der Waals surface area contributed by atoms with Crippen molar-refractivity contribution in [1.82, 2.24) is 10.6 Å². The summed E-state index contributed by atoms with van der Waals surface area (Å²) in [6.45, 7) is 0.631. The van der Waals surface area contributed by atoms with Crippen molar-refractivity contribution in [2.75, 3.05) is 32.6 Å². The maximum Gasteiger partial charge on any atom is 0.248 e. The molecule has 1 aliphatic rings. The molecule has 20 heavy (non-hydrogen) atoms. The normalized spacial score (nSPS) is 18.1. The number of piperazine rings is 1. The van der Waals surface area contributed by atoms with Gasteiger partial charge in [-0.1, -0.05) is 0 Å². The van der Waals surface area contributed by atoms with Crippen LogP contribution in [0.4, 0.5) is 5.69 Å². The van der Waals surface area contributed by atoms with Gasteiger partial charge in [0.05, 0.1) is 26.5 Å². The number of hydrogen-bond acceptors (Lipinski definition) is 5. The molecule has 7 nitrogen and oxygen atoms in total. The summed E-state index contributed by atoms with van der Waals surface area (Å²) in [5, 5.41) is 8.22. The highest BCUT2D eigenvalue weighted by atomic mass is 16.5. The molecule has 7 heteroatoms. The van der Waals surface area contributed by atoms with Crippen molar-refractivity contribution in [2.45, 2.75) is 6.04 Å². The Labute approximate surface area is 116 Å². The van der Waals surface area contributed by atoms with Gasteiger partial charge in [-0.15, -0.1) is 0 Å². The molecule has 1 aromatic rings. The monoisotopic (exact) mass is 279 g/mol. The molecule has 2 amide bonds. The van der Waals surface area contributed by atoms with Crippen LogP contribution < -0.4 is 25.4 Å². The Hall–Kier alpha value is -2.28. The van der Waals surface area contributed by atoms with E-state index in [1.165, 1.54) is 7.11 Å². The number of rotatable bonds is 4. The fraction of sp³-hybridized carbons (Fsp3) is 0.385. The molecule has 0 aliphatic carbocycles. The van der Waals surface area contributed by atoms with Crippen LogP contribution in [0, 0.1) is 0 Å². The van der Waals surface area contributed by atoms with Gasteiger partial charge in [0.1, 0.15) is 17.5 Å². The summed E-state index contributed by atoms with van der Waals surface area (Å²) in [6, 6.07) is 4.49. The van der Waals surface area contributed by atoms with Gasteiger partial charge < -0.3 is 25.4 Å². The Kier molecular flexibility index (Phi) is 4.41. The Bertz CT molecular complexity index is 518. The number of ether oxygens (including phenoxy) is 2. The Morgan fingerprint density at radius 3 is 2.80 bits per heavy atom. The van der Waals surface area contributed by atoms with Gasteiger partial charge in [0.2, 0.25) is 11.8 Å². The number of carbonyl (C=O) groups excluding carboxylic acids is 2. The van der Waals surface area contributed by atoms with E-state index in [1.54, 1.807) is 25.3 Å². The van der Waals surface area contributed by atoms with E-state index in [2.05, 4.69) is 16.0 Å². The van der Waals surface area contributed by atoms with E-state index in [-0.39, 0.29) is 18.4 Å². The minimum absolute atomic E-state index is 0.196. The highest BCUT2D eigenvalue weighted by Gasteiger charge is 2.25. The van der Waals surface area contributed by atoms with Gasteiger partial charge >= 0.3 is 0 Å². The van der Waals surface area contributed by atoms with Gasteiger partial charge in [-0.2, -0.15) is 0 Å². The molecule has 1 aliphatic heterocycles. The van der Waals surface area contributed by atoms with E-state index in [1.807, 2.05) is 0 Å². The first kappa shape index (κ1) is 14.1. The van der Waals surface area contributed by atoms with Crippen molar-refractivity contribution in [3.8, 4) is 11.5 Å². The summed E-state index contributed by atoms with van der Waals surface area (Å²) in [4.78, 5) is 23.3. The lowest BCUT2D eigenvalue weighted by Crippen LogP contribution is -2.57. The average Bonchev–Trinajstić information content (AvgIpc) is 2.47. The number of amides is 2. The highest BCUT2D eigenvalue weighted by Crippen LogP contribution is 2.29. The highest BCUT2D eigenvalue weighted by molar-refractivity contribution is 5.99. The summed E-state index contributed by atoms with van der Waals surface area (Å²) < 4.78 is 10.3. The van der Waals surface area contributed by atoms with Gasteiger partial charge in [0, 0.05) is 12.6 Å². The SMILES string of the molecule is COc1ccc(NC(=O)C2CNCC(=O)N2)c(OC)c1. The Morgan fingerprint density at radius 1 is 1.35 bits per heavy atom. The molecule has 1 fully saturated rings. The molecule has 1 unspecified atom stereocenters. The second kappa shape index (κ2) is 6.25. The largest absolute Gasteiger partial charge is 0.497 e. The maximum absolute atomic E-state index is 12.1. The zero-order valence-electron chi connectivity index (χ0n) is 11.4. The van der Waals surface area contributed by atoms with Crippen LogP contribution in [0.25, 0.3) is 0 Å². The fourth-order valence-electron chi connectivity index (χ4n) is 1.91. The van der Waals surface area contributed by atoms with Crippen molar-refractivity contribution < 1.29 is 19.1 Å². The zero-order valence-corrected chi connectivity index (χ0v) is 11.4. The van der Waals surface area contributed by atoms with Crippen LogP contribution in [0.2, 0.25) is 0 Å². The first-order valence-electron chi connectivity index (χ1n) is 6.17. The lowest BCUT2D eigenvalue weighted by Gasteiger charge is -2.23. The Morgan fingerprint density at radius 2 is 2.15 bits per heavy atom. The first-order chi connectivity index (χ1) is 9.63. The van der Waals surface area contributed by atoms with E-state index in [0.717, 1.165) is 0 Å². The molecular formula is C13H17N3O4. The predicted molar refractivity (Wildman–Crippen MR) is 73.0 cm³/mol. The second-order valence-corrected chi connectivity index (χ2v) is 4.31. The minimum Gasteiger partial charge on any atom is -0.497 e. The van der Waals surface area contributed by atoms with E-state index < -0.39 is 6.04 Å². The minimum atomic E-state index is -0.594. The fourth-order valence-corrected chi connectivity index (χ4v) is 1.91. The summed E-state index contributed by atoms with van der Waals surface area (Å²) in [6.07, 6.45) is 0. The van der Waals surface area contributed by atoms with Crippen molar-refractivity contribution >= 4 is 17.5 Å². The molecule has 2 rings (SSSR count). The number of methoxy groups -OCH3 is 2. The lowest BCUT2D eigenvalue weighted by atomic mass is 10.2. The van der Waals surface area contributed by atoms with E-state index in [9.17, 15) is 9.59 Å². The summed E-state index contributed by atoms with van der Waals surface area (Å²) in [5.41, 5.74) is 0.526. The first-order valence-corrected chi connectivity index (χ1v) is 6.17. The third kappa shape index (κ3) is 3.18. The molecule has 1 atom stereocenters. The van der Waals surface area contributed by atoms with Crippen molar-refractivity contribution in [3.63, 3.8) is 0 Å². The van der Waals surface area contributed by atoms with Crippen LogP contribution in [-0.2, 0) is 9.59 Å². The van der Waals surface area contributed by atoms with E-state index >= 15 is 0 Å². The third-order valence-electron chi connectivity index (χ3n) is 2.95. The number of benzene rings is 1. The topological polar surface area (TPSA) is 88.7 Å². The van der Waals surface area contributed by atoms with E-state index in [0.29, 0.717) is 23.7 Å². The zero-order chi connectivity index (χ0) is 14.5. The molecule has 1 aromatic carbocycles. The standard InChI is InChI=1S/C13H17N3O4/c1-19-8-3-4-9(11(5-8)20-2)16-13(18)10-6-14-7-12(17)15-10/h3-5,10,14H,6-7H2,1-2H3,(H,15,17)(H,16,18). The van der Waals surface area contributed by atoms with Crippen LogP contribution in [0.3, 0.4) is 0 Å². The number of hydrogen-bond donors (Lipinski definition) is 3. The van der Waals surface area contributed by atoms with Gasteiger partial charge in [-0.25, -0.2) is 0 Å². The molecule has 0 radical (unpaired) electrons. The molecule has 0 saturated carbocycles. The van der Waals surface area contributed by atoms with Crippen LogP contribution in [0.1, 0.15) is 0 Å². The maximum atomic E-state index is 12.1. The Balaban J connectivity index is 2.09. The molecule has 0 bridgehead atoms. The predicted octanol–water partition coefficient (Wildman–Crippen LogP) is -0.270. The molecule has 0 spiro atoms. The summed E-state index contributed by atoms with van der Waals surface area (Å²) in [5.74, 6) is 0.632. The summed E-state index contributed by atoms with van der Waals surface area (Å²) in [7, 11) is 3.06. The smallest absolute Gasteiger partial charge is 0.248 e. The van der Waals surface area contributed by atoms with Crippen molar-refractivity contribution in [3.05, 3.63) is 18.2 Å². The molecule has 0 aromatic heterocycles. The van der Waals surface area contributed by atoms with Gasteiger partial charge in [0.25, 0.3) is 0 Å². The molecule has 108 valence electrons. The third-order valence-corrected chi connectivity index (χ3v) is 2.95. The lowest BCUT2D eigenvalue weighted by molar-refractivity contribution is -0.127. The van der Waals surface area contributed by atoms with Gasteiger partial charge in [-0.05, 0) is 12.1 Å². The molecular weight excluding hydrogens is 262 g/mol. The molecule has 1 heterocycles. The van der Waals surface area contributed by atoms with Crippen molar-refractivity contribution in [1.29, 1.82) is 0 Å². The van der Waals surface area contributed by atoms with Crippen LogP contribution in [0.5, 0.6) is 11.5 Å². The molecule has 1 saturated heterocycles. The number of anilines is 1. The number of nitrogens with one attached hydrogen (secondary N) is 3. The van der Waals surface area contributed by atoms with Crippen LogP contribution >= 0.6 is 0 Å². The quantitative estimate of drug-likeness (QED) is 0.706. The van der Waals surface area contributed by atoms with E-state index in [4.69, 9.17) is 9.47 Å². The number of carbonyl (C=O) groups is 2. The average molecular weight is 279 g/mol. The van der Waals surface area contributed by atoms with Crippen molar-refractivity contribution in [2.24, 2.45) is 0 Å². The van der Waals surface area contributed by atoms with Gasteiger partial charge in [0.15, 0.2) is 0 Å². The summed E-state index contributed by atoms with van der Waals surface area (Å²) >= 11 is 0. The molecule has 3 N–H and O–H groups in total.